The first-order valence-electron chi connectivity index (χ1n) is 3.88. The van der Waals surface area contributed by atoms with Crippen LogP contribution in [0.3, 0.4) is 0 Å². The molecule has 0 bridgehead atoms. The van der Waals surface area contributed by atoms with Crippen molar-refractivity contribution in [3.8, 4) is 0 Å². The van der Waals surface area contributed by atoms with Gasteiger partial charge in [-0.3, -0.25) is 4.79 Å². The fourth-order valence-corrected chi connectivity index (χ4v) is 0.910. The molecule has 0 fully saturated rings. The van der Waals surface area contributed by atoms with Gasteiger partial charge in [-0.25, -0.2) is 0 Å². The van der Waals surface area contributed by atoms with Crippen LogP contribution in [-0.4, -0.2) is 24.8 Å². The van der Waals surface area contributed by atoms with E-state index in [9.17, 15) is 4.79 Å². The largest absolute Gasteiger partial charge is 0.469 e. The Morgan fingerprint density at radius 2 is 2.27 bits per heavy atom. The van der Waals surface area contributed by atoms with Crippen LogP contribution in [-0.2, 0) is 9.53 Å². The summed E-state index contributed by atoms with van der Waals surface area (Å²) in [5.74, 6) is 0.144. The van der Waals surface area contributed by atoms with Crippen LogP contribution in [0, 0.1) is 5.92 Å². The molecule has 0 aliphatic rings. The van der Waals surface area contributed by atoms with E-state index < -0.39 is 0 Å². The molecule has 1 atom stereocenters. The summed E-state index contributed by atoms with van der Waals surface area (Å²) in [6.45, 7) is 2.18. The van der Waals surface area contributed by atoms with Crippen LogP contribution in [0.2, 0.25) is 0 Å². The van der Waals surface area contributed by atoms with Crippen LogP contribution in [0.15, 0.2) is 0 Å². The lowest BCUT2D eigenvalue weighted by atomic mass is 10.0. The van der Waals surface area contributed by atoms with Crippen molar-refractivity contribution in [2.75, 3.05) is 13.7 Å². The molecule has 0 spiro atoms. The van der Waals surface area contributed by atoms with Gasteiger partial charge in [0.25, 0.3) is 0 Å². The second-order valence-electron chi connectivity index (χ2n) is 2.75. The summed E-state index contributed by atoms with van der Waals surface area (Å²) < 4.78 is 4.50. The molecule has 0 heterocycles. The molecule has 1 N–H and O–H groups in total. The van der Waals surface area contributed by atoms with Crippen molar-refractivity contribution in [2.24, 2.45) is 5.92 Å². The van der Waals surface area contributed by atoms with Crippen LogP contribution < -0.4 is 0 Å². The number of methoxy groups -OCH3 is 1. The maximum atomic E-state index is 10.7. The third-order valence-corrected chi connectivity index (χ3v) is 1.60. The van der Waals surface area contributed by atoms with Crippen molar-refractivity contribution in [2.45, 2.75) is 26.2 Å². The summed E-state index contributed by atoms with van der Waals surface area (Å²) in [4.78, 5) is 10.7. The number of ether oxygens (including phenoxy) is 1. The second kappa shape index (κ2) is 6.16. The van der Waals surface area contributed by atoms with Crippen molar-refractivity contribution in [1.82, 2.24) is 0 Å². The molecule has 11 heavy (non-hydrogen) atoms. The smallest absolute Gasteiger partial charge is 0.305 e. The second-order valence-corrected chi connectivity index (χ2v) is 2.75. The molecule has 66 valence electrons. The average molecular weight is 160 g/mol. The van der Waals surface area contributed by atoms with Crippen molar-refractivity contribution in [3.63, 3.8) is 0 Å². The van der Waals surface area contributed by atoms with Gasteiger partial charge in [0, 0.05) is 13.0 Å². The molecular formula is C8H16O3. The molecule has 3 nitrogen and oxygen atoms in total. The van der Waals surface area contributed by atoms with E-state index in [0.29, 0.717) is 12.3 Å². The number of carbonyl (C=O) groups is 1. The molecular weight excluding hydrogens is 144 g/mol. The summed E-state index contributed by atoms with van der Waals surface area (Å²) in [6, 6.07) is 0. The Kier molecular flexibility index (Phi) is 5.84. The Morgan fingerprint density at radius 1 is 1.64 bits per heavy atom. The zero-order chi connectivity index (χ0) is 8.69. The first-order chi connectivity index (χ1) is 5.20. The minimum Gasteiger partial charge on any atom is -0.469 e. The summed E-state index contributed by atoms with van der Waals surface area (Å²) in [5, 5.41) is 8.49. The molecule has 0 radical (unpaired) electrons. The number of hydrogen-bond donors (Lipinski definition) is 1. The van der Waals surface area contributed by atoms with Gasteiger partial charge in [0.15, 0.2) is 0 Å². The van der Waals surface area contributed by atoms with Crippen molar-refractivity contribution in [1.29, 1.82) is 0 Å². The van der Waals surface area contributed by atoms with Gasteiger partial charge in [0.05, 0.1) is 7.11 Å². The summed E-state index contributed by atoms with van der Waals surface area (Å²) in [7, 11) is 1.39. The van der Waals surface area contributed by atoms with Crippen molar-refractivity contribution in [3.05, 3.63) is 0 Å². The molecule has 0 unspecified atom stereocenters. The first kappa shape index (κ1) is 10.4. The first-order valence-corrected chi connectivity index (χ1v) is 3.88. The van der Waals surface area contributed by atoms with Crippen molar-refractivity contribution < 1.29 is 14.6 Å². The number of esters is 1. The maximum Gasteiger partial charge on any atom is 0.305 e. The monoisotopic (exact) mass is 160 g/mol. The van der Waals surface area contributed by atoms with Gasteiger partial charge in [-0.1, -0.05) is 6.92 Å². The minimum atomic E-state index is -0.171. The number of aliphatic hydroxyl groups excluding tert-OH is 1. The zero-order valence-electron chi connectivity index (χ0n) is 7.17. The van der Waals surface area contributed by atoms with Gasteiger partial charge in [0.1, 0.15) is 0 Å². The van der Waals surface area contributed by atoms with Gasteiger partial charge >= 0.3 is 5.97 Å². The summed E-state index contributed by atoms with van der Waals surface area (Å²) in [6.07, 6.45) is 2.10. The number of carbonyl (C=O) groups excluding carboxylic acids is 1. The lowest BCUT2D eigenvalue weighted by Gasteiger charge is -2.07. The normalized spacial score (nSPS) is 12.6. The van der Waals surface area contributed by atoms with Crippen LogP contribution in [0.5, 0.6) is 0 Å². The van der Waals surface area contributed by atoms with Gasteiger partial charge in [-0.15, -0.1) is 0 Å². The Balaban J connectivity index is 3.35. The minimum absolute atomic E-state index is 0.171. The third kappa shape index (κ3) is 5.85. The number of aliphatic hydroxyl groups is 1. The highest BCUT2D eigenvalue weighted by molar-refractivity contribution is 5.69. The molecule has 0 aliphatic heterocycles. The quantitative estimate of drug-likeness (QED) is 0.609. The van der Waals surface area contributed by atoms with E-state index in [0.717, 1.165) is 12.8 Å². The van der Waals surface area contributed by atoms with Gasteiger partial charge < -0.3 is 9.84 Å². The predicted octanol–water partition coefficient (Wildman–Crippen LogP) is 0.958. The third-order valence-electron chi connectivity index (χ3n) is 1.60. The number of rotatable bonds is 5. The van der Waals surface area contributed by atoms with Gasteiger partial charge in [-0.2, -0.15) is 0 Å². The van der Waals surface area contributed by atoms with Crippen LogP contribution in [0.1, 0.15) is 26.2 Å². The van der Waals surface area contributed by atoms with E-state index in [1.165, 1.54) is 7.11 Å². The predicted molar refractivity (Wildman–Crippen MR) is 42.1 cm³/mol. The van der Waals surface area contributed by atoms with Crippen molar-refractivity contribution >= 4 is 5.97 Å². The maximum absolute atomic E-state index is 10.7. The van der Waals surface area contributed by atoms with E-state index >= 15 is 0 Å². The molecule has 0 rings (SSSR count). The molecule has 0 amide bonds. The number of hydrogen-bond acceptors (Lipinski definition) is 3. The van der Waals surface area contributed by atoms with Crippen LogP contribution in [0.25, 0.3) is 0 Å². The van der Waals surface area contributed by atoms with E-state index in [4.69, 9.17) is 5.11 Å². The highest BCUT2D eigenvalue weighted by atomic mass is 16.5. The molecule has 0 aromatic heterocycles. The fourth-order valence-electron chi connectivity index (χ4n) is 0.910. The Bertz CT molecular complexity index is 112. The van der Waals surface area contributed by atoms with Crippen LogP contribution in [0.4, 0.5) is 0 Å². The molecule has 0 aliphatic carbocycles. The molecule has 0 aromatic rings. The Morgan fingerprint density at radius 3 is 2.73 bits per heavy atom. The Labute approximate surface area is 67.4 Å². The molecule has 3 heteroatoms. The molecule has 0 aromatic carbocycles. The average Bonchev–Trinajstić information content (AvgIpc) is 2.00. The zero-order valence-corrected chi connectivity index (χ0v) is 7.17. The SMILES string of the molecule is COC(=O)C[C@@H](C)CCCO. The van der Waals surface area contributed by atoms with Gasteiger partial charge in [-0.05, 0) is 18.8 Å². The topological polar surface area (TPSA) is 46.5 Å². The van der Waals surface area contributed by atoms with Crippen LogP contribution >= 0.6 is 0 Å². The fraction of sp³-hybridized carbons (Fsp3) is 0.875. The standard InChI is InChI=1S/C8H16O3/c1-7(4-3-5-9)6-8(10)11-2/h7,9H,3-6H2,1-2H3/t7-/m0/s1. The van der Waals surface area contributed by atoms with E-state index in [1.54, 1.807) is 0 Å². The Hall–Kier alpha value is -0.570. The molecule has 0 saturated carbocycles. The highest BCUT2D eigenvalue weighted by Gasteiger charge is 2.07. The summed E-state index contributed by atoms with van der Waals surface area (Å²) in [5.41, 5.74) is 0. The molecule has 0 saturated heterocycles. The van der Waals surface area contributed by atoms with E-state index in [2.05, 4.69) is 4.74 Å². The van der Waals surface area contributed by atoms with E-state index in [1.807, 2.05) is 6.92 Å². The lowest BCUT2D eigenvalue weighted by Crippen LogP contribution is -2.07. The lowest BCUT2D eigenvalue weighted by molar-refractivity contribution is -0.141. The van der Waals surface area contributed by atoms with E-state index in [-0.39, 0.29) is 12.6 Å². The van der Waals surface area contributed by atoms with Gasteiger partial charge in [0.2, 0.25) is 0 Å². The summed E-state index contributed by atoms with van der Waals surface area (Å²) >= 11 is 0. The highest BCUT2D eigenvalue weighted by Crippen LogP contribution is 2.09.